The van der Waals surface area contributed by atoms with Gasteiger partial charge in [0.05, 0.1) is 18.2 Å². The molecule has 0 aromatic heterocycles. The van der Waals surface area contributed by atoms with Crippen LogP contribution < -0.4 is 5.73 Å². The second-order valence-electron chi connectivity index (χ2n) is 6.23. The van der Waals surface area contributed by atoms with Gasteiger partial charge in [0.15, 0.2) is 0 Å². The zero-order chi connectivity index (χ0) is 15.9. The molecule has 1 heterocycles. The molecule has 21 heavy (non-hydrogen) atoms. The van der Waals surface area contributed by atoms with Crippen molar-refractivity contribution in [3.8, 4) is 0 Å². The van der Waals surface area contributed by atoms with Crippen molar-refractivity contribution in [3.63, 3.8) is 0 Å². The summed E-state index contributed by atoms with van der Waals surface area (Å²) in [6.45, 7) is 13.5. The van der Waals surface area contributed by atoms with Gasteiger partial charge < -0.3 is 20.3 Å². The SMILES string of the molecule is CCCC(C)(N)C(=O)N1CCC(OCCN(CC)CC)C1. The van der Waals surface area contributed by atoms with Crippen LogP contribution in [0.3, 0.4) is 0 Å². The van der Waals surface area contributed by atoms with Crippen LogP contribution in [-0.4, -0.2) is 66.7 Å². The van der Waals surface area contributed by atoms with Crippen molar-refractivity contribution in [2.75, 3.05) is 39.3 Å². The Balaban J connectivity index is 2.34. The smallest absolute Gasteiger partial charge is 0.242 e. The van der Waals surface area contributed by atoms with Gasteiger partial charge in [-0.05, 0) is 32.9 Å². The zero-order valence-electron chi connectivity index (χ0n) is 14.2. The van der Waals surface area contributed by atoms with Gasteiger partial charge in [-0.2, -0.15) is 0 Å². The van der Waals surface area contributed by atoms with Crippen LogP contribution >= 0.6 is 0 Å². The van der Waals surface area contributed by atoms with Crippen LogP contribution in [0.1, 0.15) is 47.0 Å². The first-order chi connectivity index (χ1) is 9.94. The first-order valence-corrected chi connectivity index (χ1v) is 8.36. The largest absolute Gasteiger partial charge is 0.375 e. The minimum Gasteiger partial charge on any atom is -0.375 e. The molecular weight excluding hydrogens is 266 g/mol. The van der Waals surface area contributed by atoms with Crippen molar-refractivity contribution in [1.29, 1.82) is 0 Å². The highest BCUT2D eigenvalue weighted by Crippen LogP contribution is 2.19. The minimum absolute atomic E-state index is 0.0687. The van der Waals surface area contributed by atoms with E-state index in [4.69, 9.17) is 10.5 Å². The summed E-state index contributed by atoms with van der Waals surface area (Å²) in [5, 5.41) is 0. The molecule has 0 aliphatic carbocycles. The number of hydrogen-bond acceptors (Lipinski definition) is 4. The van der Waals surface area contributed by atoms with Gasteiger partial charge >= 0.3 is 0 Å². The normalized spacial score (nSPS) is 21.8. The van der Waals surface area contributed by atoms with Crippen molar-refractivity contribution in [2.45, 2.75) is 58.6 Å². The molecule has 1 saturated heterocycles. The average Bonchev–Trinajstić information content (AvgIpc) is 2.91. The lowest BCUT2D eigenvalue weighted by Gasteiger charge is -2.28. The fraction of sp³-hybridized carbons (Fsp3) is 0.938. The molecule has 5 nitrogen and oxygen atoms in total. The summed E-state index contributed by atoms with van der Waals surface area (Å²) in [5.41, 5.74) is 5.40. The Morgan fingerprint density at radius 1 is 1.38 bits per heavy atom. The van der Waals surface area contributed by atoms with E-state index in [1.54, 1.807) is 0 Å². The number of nitrogens with two attached hydrogens (primary N) is 1. The van der Waals surface area contributed by atoms with Gasteiger partial charge in [-0.25, -0.2) is 0 Å². The summed E-state index contributed by atoms with van der Waals surface area (Å²) in [6.07, 6.45) is 2.75. The number of carbonyl (C=O) groups excluding carboxylic acids is 1. The number of ether oxygens (including phenoxy) is 1. The molecule has 0 aromatic carbocycles. The van der Waals surface area contributed by atoms with E-state index in [-0.39, 0.29) is 12.0 Å². The molecule has 0 radical (unpaired) electrons. The maximum Gasteiger partial charge on any atom is 0.242 e. The van der Waals surface area contributed by atoms with Crippen molar-refractivity contribution < 1.29 is 9.53 Å². The number of carbonyl (C=O) groups is 1. The number of nitrogens with zero attached hydrogens (tertiary/aromatic N) is 2. The van der Waals surface area contributed by atoms with E-state index in [0.29, 0.717) is 6.54 Å². The second-order valence-corrected chi connectivity index (χ2v) is 6.23. The summed E-state index contributed by atoms with van der Waals surface area (Å²) in [5.74, 6) is 0.0687. The molecular formula is C16H33N3O2. The van der Waals surface area contributed by atoms with Crippen LogP contribution in [0.2, 0.25) is 0 Å². The molecule has 2 atom stereocenters. The third-order valence-electron chi connectivity index (χ3n) is 4.35. The standard InChI is InChI=1S/C16H33N3O2/c1-5-9-16(4,17)15(20)19-10-8-14(13-19)21-12-11-18(6-2)7-3/h14H,5-13,17H2,1-4H3. The predicted molar refractivity (Wildman–Crippen MR) is 86.2 cm³/mol. The number of likely N-dealkylation sites (tertiary alicyclic amines) is 1. The highest BCUT2D eigenvalue weighted by molar-refractivity contribution is 5.85. The van der Waals surface area contributed by atoms with E-state index in [1.165, 1.54) is 0 Å². The molecule has 0 bridgehead atoms. The maximum absolute atomic E-state index is 12.4. The lowest BCUT2D eigenvalue weighted by Crippen LogP contribution is -2.52. The summed E-state index contributed by atoms with van der Waals surface area (Å²) < 4.78 is 5.91. The Morgan fingerprint density at radius 3 is 2.62 bits per heavy atom. The number of amides is 1. The van der Waals surface area contributed by atoms with Crippen molar-refractivity contribution in [3.05, 3.63) is 0 Å². The second kappa shape index (κ2) is 8.71. The molecule has 2 unspecified atom stereocenters. The van der Waals surface area contributed by atoms with Crippen LogP contribution in [-0.2, 0) is 9.53 Å². The van der Waals surface area contributed by atoms with Crippen LogP contribution in [0.15, 0.2) is 0 Å². The first-order valence-electron chi connectivity index (χ1n) is 8.36. The number of hydrogen-bond donors (Lipinski definition) is 1. The molecule has 0 saturated carbocycles. The van der Waals surface area contributed by atoms with E-state index >= 15 is 0 Å². The van der Waals surface area contributed by atoms with Crippen LogP contribution in [0.5, 0.6) is 0 Å². The molecule has 1 amide bonds. The minimum atomic E-state index is -0.731. The molecule has 1 rings (SSSR count). The van der Waals surface area contributed by atoms with Gasteiger partial charge in [0.25, 0.3) is 0 Å². The van der Waals surface area contributed by atoms with Gasteiger partial charge in [0, 0.05) is 19.6 Å². The zero-order valence-corrected chi connectivity index (χ0v) is 14.2. The van der Waals surface area contributed by atoms with Crippen molar-refractivity contribution in [1.82, 2.24) is 9.80 Å². The Labute approximate surface area is 129 Å². The monoisotopic (exact) mass is 299 g/mol. The molecule has 124 valence electrons. The fourth-order valence-electron chi connectivity index (χ4n) is 2.92. The van der Waals surface area contributed by atoms with Gasteiger partial charge in [0.1, 0.15) is 0 Å². The van der Waals surface area contributed by atoms with Gasteiger partial charge in [-0.15, -0.1) is 0 Å². The molecule has 0 spiro atoms. The van der Waals surface area contributed by atoms with E-state index < -0.39 is 5.54 Å². The predicted octanol–water partition coefficient (Wildman–Crippen LogP) is 1.46. The Kier molecular flexibility index (Phi) is 7.63. The molecule has 2 N–H and O–H groups in total. The third kappa shape index (κ3) is 5.57. The van der Waals surface area contributed by atoms with Crippen LogP contribution in [0.4, 0.5) is 0 Å². The average molecular weight is 299 g/mol. The molecule has 0 aromatic rings. The summed E-state index contributed by atoms with van der Waals surface area (Å²) >= 11 is 0. The highest BCUT2D eigenvalue weighted by Gasteiger charge is 2.35. The van der Waals surface area contributed by atoms with Crippen LogP contribution in [0.25, 0.3) is 0 Å². The maximum atomic E-state index is 12.4. The van der Waals surface area contributed by atoms with Gasteiger partial charge in [-0.3, -0.25) is 4.79 Å². The molecule has 1 fully saturated rings. The Morgan fingerprint density at radius 2 is 2.05 bits per heavy atom. The quantitative estimate of drug-likeness (QED) is 0.700. The lowest BCUT2D eigenvalue weighted by molar-refractivity contribution is -0.136. The van der Waals surface area contributed by atoms with E-state index in [2.05, 4.69) is 25.7 Å². The first kappa shape index (κ1) is 18.4. The van der Waals surface area contributed by atoms with E-state index in [1.807, 2.05) is 11.8 Å². The molecule has 5 heteroatoms. The van der Waals surface area contributed by atoms with Crippen molar-refractivity contribution >= 4 is 5.91 Å². The number of rotatable bonds is 9. The molecule has 1 aliphatic heterocycles. The Bertz CT molecular complexity index is 317. The summed E-state index contributed by atoms with van der Waals surface area (Å²) in [4.78, 5) is 16.6. The lowest BCUT2D eigenvalue weighted by atomic mass is 9.96. The van der Waals surface area contributed by atoms with Gasteiger partial charge in [0.2, 0.25) is 5.91 Å². The summed E-state index contributed by atoms with van der Waals surface area (Å²) in [7, 11) is 0. The fourth-order valence-corrected chi connectivity index (χ4v) is 2.92. The van der Waals surface area contributed by atoms with E-state index in [0.717, 1.165) is 52.0 Å². The van der Waals surface area contributed by atoms with Gasteiger partial charge in [-0.1, -0.05) is 27.2 Å². The third-order valence-corrected chi connectivity index (χ3v) is 4.35. The van der Waals surface area contributed by atoms with Crippen molar-refractivity contribution in [2.24, 2.45) is 5.73 Å². The molecule has 1 aliphatic rings. The number of likely N-dealkylation sites (N-methyl/N-ethyl adjacent to an activating group) is 1. The highest BCUT2D eigenvalue weighted by atomic mass is 16.5. The Hall–Kier alpha value is -0.650. The van der Waals surface area contributed by atoms with Crippen LogP contribution in [0, 0.1) is 0 Å². The van der Waals surface area contributed by atoms with E-state index in [9.17, 15) is 4.79 Å². The topological polar surface area (TPSA) is 58.8 Å². The summed E-state index contributed by atoms with van der Waals surface area (Å²) in [6, 6.07) is 0.